The first-order chi connectivity index (χ1) is 11.7. The molecule has 2 heterocycles. The molecule has 0 aliphatic carbocycles. The average molecular weight is 323 g/mol. The zero-order valence-electron chi connectivity index (χ0n) is 13.7. The molecule has 0 bridgehead atoms. The molecule has 1 unspecified atom stereocenters. The molecule has 5 nitrogen and oxygen atoms in total. The summed E-state index contributed by atoms with van der Waals surface area (Å²) in [6.45, 7) is 2.96. The Hall–Kier alpha value is -2.69. The lowest BCUT2D eigenvalue weighted by Gasteiger charge is -2.17. The molecule has 1 aromatic carbocycles. The molecule has 0 radical (unpaired) electrons. The number of nitrogens with zero attached hydrogens (tertiary/aromatic N) is 2. The third-order valence-electron chi connectivity index (χ3n) is 4.34. The molecule has 1 aliphatic rings. The van der Waals surface area contributed by atoms with Crippen LogP contribution >= 0.6 is 0 Å². The second-order valence-electron chi connectivity index (χ2n) is 6.00. The van der Waals surface area contributed by atoms with Gasteiger partial charge in [0.1, 0.15) is 0 Å². The van der Waals surface area contributed by atoms with Gasteiger partial charge in [-0.05, 0) is 35.7 Å². The van der Waals surface area contributed by atoms with Gasteiger partial charge in [0.05, 0.1) is 5.92 Å². The molecular weight excluding hydrogens is 302 g/mol. The first-order valence-corrected chi connectivity index (χ1v) is 8.23. The Kier molecular flexibility index (Phi) is 4.89. The molecule has 5 heteroatoms. The van der Waals surface area contributed by atoms with Gasteiger partial charge in [-0.2, -0.15) is 0 Å². The molecule has 2 amide bonds. The summed E-state index contributed by atoms with van der Waals surface area (Å²) in [6.07, 6.45) is 4.65. The zero-order chi connectivity index (χ0) is 16.9. The summed E-state index contributed by atoms with van der Waals surface area (Å²) in [4.78, 5) is 30.3. The van der Waals surface area contributed by atoms with Crippen molar-refractivity contribution in [1.29, 1.82) is 0 Å². The minimum atomic E-state index is -0.306. The Morgan fingerprint density at radius 1 is 1.25 bits per heavy atom. The van der Waals surface area contributed by atoms with Crippen molar-refractivity contribution < 1.29 is 9.59 Å². The maximum absolute atomic E-state index is 12.3. The molecule has 1 atom stereocenters. The maximum Gasteiger partial charge on any atom is 0.227 e. The van der Waals surface area contributed by atoms with Gasteiger partial charge in [-0.1, -0.05) is 25.1 Å². The summed E-state index contributed by atoms with van der Waals surface area (Å²) in [6, 6.07) is 11.7. The summed E-state index contributed by atoms with van der Waals surface area (Å²) < 4.78 is 0. The third-order valence-corrected chi connectivity index (χ3v) is 4.34. The SMILES string of the molecule is CCc1ccc(N2CC(C(=O)NCc3cccnc3)CC2=O)cc1. The average Bonchev–Trinajstić information content (AvgIpc) is 3.02. The van der Waals surface area contributed by atoms with Crippen molar-refractivity contribution in [3.63, 3.8) is 0 Å². The van der Waals surface area contributed by atoms with Crippen molar-refractivity contribution in [2.24, 2.45) is 5.92 Å². The number of carbonyl (C=O) groups is 2. The molecule has 1 aliphatic heterocycles. The van der Waals surface area contributed by atoms with Crippen molar-refractivity contribution in [1.82, 2.24) is 10.3 Å². The monoisotopic (exact) mass is 323 g/mol. The highest BCUT2D eigenvalue weighted by atomic mass is 16.2. The maximum atomic E-state index is 12.3. The van der Waals surface area contributed by atoms with E-state index in [1.165, 1.54) is 5.56 Å². The highest BCUT2D eigenvalue weighted by molar-refractivity contribution is 6.00. The number of anilines is 1. The molecule has 3 rings (SSSR count). The Labute approximate surface area is 141 Å². The van der Waals surface area contributed by atoms with Crippen molar-refractivity contribution in [3.8, 4) is 0 Å². The quantitative estimate of drug-likeness (QED) is 0.918. The number of nitrogens with one attached hydrogen (secondary N) is 1. The molecule has 2 aromatic rings. The molecular formula is C19H21N3O2. The molecule has 124 valence electrons. The third kappa shape index (κ3) is 3.62. The number of amides is 2. The van der Waals surface area contributed by atoms with Crippen LogP contribution in [0.3, 0.4) is 0 Å². The van der Waals surface area contributed by atoms with Crippen molar-refractivity contribution in [3.05, 3.63) is 59.9 Å². The van der Waals surface area contributed by atoms with Crippen molar-refractivity contribution in [2.45, 2.75) is 26.3 Å². The lowest BCUT2D eigenvalue weighted by Crippen LogP contribution is -2.32. The molecule has 1 fully saturated rings. The van der Waals surface area contributed by atoms with Crippen LogP contribution < -0.4 is 10.2 Å². The van der Waals surface area contributed by atoms with Crippen LogP contribution in [-0.4, -0.2) is 23.3 Å². The van der Waals surface area contributed by atoms with E-state index in [2.05, 4.69) is 17.2 Å². The van der Waals surface area contributed by atoms with Gasteiger partial charge in [0, 0.05) is 37.6 Å². The lowest BCUT2D eigenvalue weighted by molar-refractivity contribution is -0.126. The van der Waals surface area contributed by atoms with Crippen LogP contribution in [0.5, 0.6) is 0 Å². The molecule has 0 saturated carbocycles. The van der Waals surface area contributed by atoms with E-state index in [1.54, 1.807) is 17.3 Å². The van der Waals surface area contributed by atoms with E-state index in [1.807, 2.05) is 36.4 Å². The summed E-state index contributed by atoms with van der Waals surface area (Å²) >= 11 is 0. The summed E-state index contributed by atoms with van der Waals surface area (Å²) in [5, 5.41) is 2.89. The van der Waals surface area contributed by atoms with E-state index in [4.69, 9.17) is 0 Å². The summed E-state index contributed by atoms with van der Waals surface area (Å²) in [7, 11) is 0. The van der Waals surface area contributed by atoms with E-state index in [0.717, 1.165) is 17.7 Å². The predicted molar refractivity (Wildman–Crippen MR) is 92.4 cm³/mol. The fourth-order valence-electron chi connectivity index (χ4n) is 2.88. The summed E-state index contributed by atoms with van der Waals surface area (Å²) in [5.41, 5.74) is 3.04. The first-order valence-electron chi connectivity index (χ1n) is 8.23. The van der Waals surface area contributed by atoms with Gasteiger partial charge < -0.3 is 10.2 Å². The topological polar surface area (TPSA) is 62.3 Å². The number of aryl methyl sites for hydroxylation is 1. The van der Waals surface area contributed by atoms with Gasteiger partial charge in [-0.15, -0.1) is 0 Å². The number of carbonyl (C=O) groups excluding carboxylic acids is 2. The van der Waals surface area contributed by atoms with E-state index in [9.17, 15) is 9.59 Å². The van der Waals surface area contributed by atoms with Crippen LogP contribution in [0.15, 0.2) is 48.8 Å². The van der Waals surface area contributed by atoms with Crippen LogP contribution in [0.2, 0.25) is 0 Å². The molecule has 1 aromatic heterocycles. The van der Waals surface area contributed by atoms with E-state index in [-0.39, 0.29) is 24.2 Å². The number of hydrogen-bond acceptors (Lipinski definition) is 3. The van der Waals surface area contributed by atoms with Crippen LogP contribution in [0.1, 0.15) is 24.5 Å². The number of rotatable bonds is 5. The fourth-order valence-corrected chi connectivity index (χ4v) is 2.88. The fraction of sp³-hybridized carbons (Fsp3) is 0.316. The van der Waals surface area contributed by atoms with Gasteiger partial charge in [-0.25, -0.2) is 0 Å². The van der Waals surface area contributed by atoms with Gasteiger partial charge >= 0.3 is 0 Å². The van der Waals surface area contributed by atoms with Crippen LogP contribution in [0.4, 0.5) is 5.69 Å². The van der Waals surface area contributed by atoms with Crippen LogP contribution in [0.25, 0.3) is 0 Å². The predicted octanol–water partition coefficient (Wildman–Crippen LogP) is 2.31. The second kappa shape index (κ2) is 7.25. The molecule has 24 heavy (non-hydrogen) atoms. The highest BCUT2D eigenvalue weighted by Crippen LogP contribution is 2.25. The number of benzene rings is 1. The Morgan fingerprint density at radius 3 is 2.71 bits per heavy atom. The van der Waals surface area contributed by atoms with Gasteiger partial charge in [0.15, 0.2) is 0 Å². The largest absolute Gasteiger partial charge is 0.352 e. The normalized spacial score (nSPS) is 17.1. The Bertz CT molecular complexity index is 713. The van der Waals surface area contributed by atoms with Gasteiger partial charge in [0.25, 0.3) is 0 Å². The van der Waals surface area contributed by atoms with Gasteiger partial charge in [-0.3, -0.25) is 14.6 Å². The van der Waals surface area contributed by atoms with Crippen molar-refractivity contribution in [2.75, 3.05) is 11.4 Å². The minimum Gasteiger partial charge on any atom is -0.352 e. The van der Waals surface area contributed by atoms with E-state index >= 15 is 0 Å². The number of aromatic nitrogens is 1. The van der Waals surface area contributed by atoms with E-state index in [0.29, 0.717) is 13.1 Å². The zero-order valence-corrected chi connectivity index (χ0v) is 13.7. The second-order valence-corrected chi connectivity index (χ2v) is 6.00. The van der Waals surface area contributed by atoms with Crippen molar-refractivity contribution >= 4 is 17.5 Å². The highest BCUT2D eigenvalue weighted by Gasteiger charge is 2.34. The molecule has 0 spiro atoms. The standard InChI is InChI=1S/C19H21N3O2/c1-2-14-5-7-17(8-6-14)22-13-16(10-18(22)23)19(24)21-12-15-4-3-9-20-11-15/h3-9,11,16H,2,10,12-13H2,1H3,(H,21,24). The lowest BCUT2D eigenvalue weighted by atomic mass is 10.1. The number of hydrogen-bond donors (Lipinski definition) is 1. The van der Waals surface area contributed by atoms with E-state index < -0.39 is 0 Å². The van der Waals surface area contributed by atoms with Crippen LogP contribution in [0, 0.1) is 5.92 Å². The Morgan fingerprint density at radius 2 is 2.04 bits per heavy atom. The smallest absolute Gasteiger partial charge is 0.227 e. The molecule has 1 saturated heterocycles. The Balaban J connectivity index is 1.60. The molecule has 1 N–H and O–H groups in total. The van der Waals surface area contributed by atoms with Gasteiger partial charge in [0.2, 0.25) is 11.8 Å². The number of pyridine rings is 1. The summed E-state index contributed by atoms with van der Waals surface area (Å²) in [5.74, 6) is -0.388. The first kappa shape index (κ1) is 16.2. The minimum absolute atomic E-state index is 0.000719. The van der Waals surface area contributed by atoms with Crippen LogP contribution in [-0.2, 0) is 22.6 Å².